The van der Waals surface area contributed by atoms with Gasteiger partial charge in [0.15, 0.2) is 0 Å². The SMILES string of the molecule is COC(=O)CC1CCCCN1C(=O)C1CCC(C)O1. The Kier molecular flexibility index (Phi) is 4.80. The Balaban J connectivity index is 1.98. The van der Waals surface area contributed by atoms with Crippen molar-refractivity contribution in [2.45, 2.75) is 63.7 Å². The van der Waals surface area contributed by atoms with Gasteiger partial charge in [0.25, 0.3) is 5.91 Å². The summed E-state index contributed by atoms with van der Waals surface area (Å²) in [6.07, 6.45) is 4.83. The lowest BCUT2D eigenvalue weighted by molar-refractivity contribution is -0.150. The van der Waals surface area contributed by atoms with Crippen LogP contribution in [0.15, 0.2) is 0 Å². The first-order valence-corrected chi connectivity index (χ1v) is 7.14. The van der Waals surface area contributed by atoms with Crippen molar-refractivity contribution in [3.63, 3.8) is 0 Å². The number of amides is 1. The van der Waals surface area contributed by atoms with Gasteiger partial charge in [0, 0.05) is 12.6 Å². The minimum Gasteiger partial charge on any atom is -0.469 e. The number of piperidine rings is 1. The van der Waals surface area contributed by atoms with Crippen LogP contribution in [0, 0.1) is 0 Å². The second-order valence-corrected chi connectivity index (χ2v) is 5.47. The summed E-state index contributed by atoms with van der Waals surface area (Å²) in [5.74, 6) is -0.191. The monoisotopic (exact) mass is 269 g/mol. The van der Waals surface area contributed by atoms with E-state index in [1.165, 1.54) is 7.11 Å². The van der Waals surface area contributed by atoms with Crippen molar-refractivity contribution in [3.8, 4) is 0 Å². The van der Waals surface area contributed by atoms with E-state index in [1.807, 2.05) is 11.8 Å². The summed E-state index contributed by atoms with van der Waals surface area (Å²) in [4.78, 5) is 25.7. The number of hydrogen-bond acceptors (Lipinski definition) is 4. The van der Waals surface area contributed by atoms with E-state index in [9.17, 15) is 9.59 Å². The summed E-state index contributed by atoms with van der Waals surface area (Å²) in [5.41, 5.74) is 0. The molecule has 19 heavy (non-hydrogen) atoms. The minimum atomic E-state index is -0.312. The van der Waals surface area contributed by atoms with Crippen LogP contribution >= 0.6 is 0 Å². The molecule has 0 aromatic heterocycles. The lowest BCUT2D eigenvalue weighted by atomic mass is 9.98. The third-order valence-electron chi connectivity index (χ3n) is 4.05. The van der Waals surface area contributed by atoms with E-state index < -0.39 is 0 Å². The number of carbonyl (C=O) groups is 2. The number of rotatable bonds is 3. The van der Waals surface area contributed by atoms with Crippen LogP contribution in [0.25, 0.3) is 0 Å². The molecule has 0 aliphatic carbocycles. The molecule has 0 spiro atoms. The van der Waals surface area contributed by atoms with E-state index >= 15 is 0 Å². The summed E-state index contributed by atoms with van der Waals surface area (Å²) in [6.45, 7) is 2.73. The number of esters is 1. The average Bonchev–Trinajstić information content (AvgIpc) is 2.85. The molecule has 1 amide bonds. The van der Waals surface area contributed by atoms with Crippen LogP contribution in [0.2, 0.25) is 0 Å². The molecule has 5 nitrogen and oxygen atoms in total. The number of ether oxygens (including phenoxy) is 2. The van der Waals surface area contributed by atoms with E-state index in [4.69, 9.17) is 9.47 Å². The van der Waals surface area contributed by atoms with E-state index in [-0.39, 0.29) is 30.1 Å². The van der Waals surface area contributed by atoms with Crippen molar-refractivity contribution in [2.75, 3.05) is 13.7 Å². The Hall–Kier alpha value is -1.10. The van der Waals surface area contributed by atoms with Gasteiger partial charge in [-0.2, -0.15) is 0 Å². The predicted molar refractivity (Wildman–Crippen MR) is 69.6 cm³/mol. The summed E-state index contributed by atoms with van der Waals surface area (Å²) < 4.78 is 10.4. The van der Waals surface area contributed by atoms with E-state index in [2.05, 4.69) is 0 Å². The molecule has 0 saturated carbocycles. The molecule has 0 radical (unpaired) electrons. The van der Waals surface area contributed by atoms with Gasteiger partial charge in [-0.1, -0.05) is 0 Å². The zero-order chi connectivity index (χ0) is 13.8. The van der Waals surface area contributed by atoms with Crippen LogP contribution in [-0.4, -0.2) is 48.7 Å². The van der Waals surface area contributed by atoms with Gasteiger partial charge in [0.1, 0.15) is 6.10 Å². The zero-order valence-electron chi connectivity index (χ0n) is 11.8. The molecule has 2 fully saturated rings. The van der Waals surface area contributed by atoms with Gasteiger partial charge in [-0.15, -0.1) is 0 Å². The fourth-order valence-electron chi connectivity index (χ4n) is 2.95. The van der Waals surface area contributed by atoms with Gasteiger partial charge in [0.2, 0.25) is 0 Å². The minimum absolute atomic E-state index is 0.0202. The molecule has 2 heterocycles. The normalized spacial score (nSPS) is 31.3. The van der Waals surface area contributed by atoms with E-state index in [0.717, 1.165) is 38.6 Å². The fourth-order valence-corrected chi connectivity index (χ4v) is 2.95. The number of methoxy groups -OCH3 is 1. The first-order valence-electron chi connectivity index (χ1n) is 7.14. The lowest BCUT2D eigenvalue weighted by Gasteiger charge is -2.36. The Morgan fingerprint density at radius 3 is 2.68 bits per heavy atom. The summed E-state index contributed by atoms with van der Waals surface area (Å²) in [5, 5.41) is 0. The lowest BCUT2D eigenvalue weighted by Crippen LogP contribution is -2.49. The number of hydrogen-bond donors (Lipinski definition) is 0. The largest absolute Gasteiger partial charge is 0.469 e. The van der Waals surface area contributed by atoms with Gasteiger partial charge in [-0.25, -0.2) is 0 Å². The molecule has 0 aromatic carbocycles. The smallest absolute Gasteiger partial charge is 0.307 e. The number of likely N-dealkylation sites (tertiary alicyclic amines) is 1. The molecule has 2 rings (SSSR count). The maximum Gasteiger partial charge on any atom is 0.307 e. The highest BCUT2D eigenvalue weighted by Gasteiger charge is 2.36. The van der Waals surface area contributed by atoms with Crippen LogP contribution in [0.1, 0.15) is 45.4 Å². The molecular formula is C14H23NO4. The van der Waals surface area contributed by atoms with Crippen molar-refractivity contribution >= 4 is 11.9 Å². The molecule has 0 aromatic rings. The topological polar surface area (TPSA) is 55.8 Å². The Bertz CT molecular complexity index is 344. The van der Waals surface area contributed by atoms with Crippen LogP contribution < -0.4 is 0 Å². The third-order valence-corrected chi connectivity index (χ3v) is 4.05. The van der Waals surface area contributed by atoms with Gasteiger partial charge in [-0.05, 0) is 39.0 Å². The van der Waals surface area contributed by atoms with Gasteiger partial charge >= 0.3 is 5.97 Å². The van der Waals surface area contributed by atoms with Crippen LogP contribution in [-0.2, 0) is 19.1 Å². The molecule has 0 bridgehead atoms. The standard InChI is InChI=1S/C14H23NO4/c1-10-6-7-12(19-10)14(17)15-8-4-3-5-11(15)9-13(16)18-2/h10-12H,3-9H2,1-2H3. The molecule has 3 atom stereocenters. The highest BCUT2D eigenvalue weighted by Crippen LogP contribution is 2.26. The Labute approximate surface area is 114 Å². The number of carbonyl (C=O) groups excluding carboxylic acids is 2. The molecule has 3 unspecified atom stereocenters. The second-order valence-electron chi connectivity index (χ2n) is 5.47. The third kappa shape index (κ3) is 3.47. The molecular weight excluding hydrogens is 246 g/mol. The molecule has 2 aliphatic rings. The molecule has 2 saturated heterocycles. The first-order chi connectivity index (χ1) is 9.11. The zero-order valence-corrected chi connectivity index (χ0v) is 11.8. The van der Waals surface area contributed by atoms with Crippen molar-refractivity contribution in [1.82, 2.24) is 4.90 Å². The van der Waals surface area contributed by atoms with Crippen LogP contribution in [0.4, 0.5) is 0 Å². The maximum absolute atomic E-state index is 12.5. The highest BCUT2D eigenvalue weighted by atomic mass is 16.5. The molecule has 5 heteroatoms. The first kappa shape index (κ1) is 14.3. The van der Waals surface area contributed by atoms with E-state index in [0.29, 0.717) is 6.42 Å². The summed E-state index contributed by atoms with van der Waals surface area (Å²) in [7, 11) is 1.39. The van der Waals surface area contributed by atoms with Crippen LogP contribution in [0.3, 0.4) is 0 Å². The average molecular weight is 269 g/mol. The Morgan fingerprint density at radius 1 is 1.26 bits per heavy atom. The van der Waals surface area contributed by atoms with Crippen molar-refractivity contribution < 1.29 is 19.1 Å². The quantitative estimate of drug-likeness (QED) is 0.729. The fraction of sp³-hybridized carbons (Fsp3) is 0.857. The van der Waals surface area contributed by atoms with Crippen molar-refractivity contribution in [3.05, 3.63) is 0 Å². The van der Waals surface area contributed by atoms with Gasteiger partial charge < -0.3 is 14.4 Å². The Morgan fingerprint density at radius 2 is 2.05 bits per heavy atom. The predicted octanol–water partition coefficient (Wildman–Crippen LogP) is 1.50. The molecule has 108 valence electrons. The van der Waals surface area contributed by atoms with Crippen molar-refractivity contribution in [2.24, 2.45) is 0 Å². The number of nitrogens with zero attached hydrogens (tertiary/aromatic N) is 1. The summed E-state index contributed by atoms with van der Waals surface area (Å²) in [6, 6.07) is -0.0202. The van der Waals surface area contributed by atoms with Gasteiger partial charge in [-0.3, -0.25) is 9.59 Å². The molecule has 0 N–H and O–H groups in total. The van der Waals surface area contributed by atoms with Crippen molar-refractivity contribution in [1.29, 1.82) is 0 Å². The highest BCUT2D eigenvalue weighted by molar-refractivity contribution is 5.82. The molecule has 2 aliphatic heterocycles. The van der Waals surface area contributed by atoms with Crippen LogP contribution in [0.5, 0.6) is 0 Å². The maximum atomic E-state index is 12.5. The summed E-state index contributed by atoms with van der Waals surface area (Å²) >= 11 is 0. The second kappa shape index (κ2) is 6.37. The van der Waals surface area contributed by atoms with Gasteiger partial charge in [0.05, 0.1) is 19.6 Å². The van der Waals surface area contributed by atoms with E-state index in [1.54, 1.807) is 0 Å².